The fourth-order valence-corrected chi connectivity index (χ4v) is 4.03. The molecule has 0 saturated heterocycles. The van der Waals surface area contributed by atoms with Crippen molar-refractivity contribution in [3.05, 3.63) is 64.7 Å². The third-order valence-electron chi connectivity index (χ3n) is 5.52. The standard InChI is InChI=1S/C24H25ClF3N7O2/c25-20-7-16(3-4-22(20)37-24(26,27)28)10-29-5-1-2-6-30-13-23(36)34-21-9-18(35-14-32-33-15-35)8-17-11-31-12-19(17)21/h3-4,7-9,12,14-15,29-30H,1-2,5-6,10-11,13H2,(H,34,36). The second-order valence-electron chi connectivity index (χ2n) is 8.33. The first-order valence-electron chi connectivity index (χ1n) is 11.6. The number of benzene rings is 2. The normalized spacial score (nSPS) is 12.5. The minimum atomic E-state index is -4.78. The van der Waals surface area contributed by atoms with Crippen LogP contribution in [0, 0.1) is 0 Å². The van der Waals surface area contributed by atoms with Crippen molar-refractivity contribution < 1.29 is 22.7 Å². The van der Waals surface area contributed by atoms with Crippen molar-refractivity contribution in [2.24, 2.45) is 4.99 Å². The van der Waals surface area contributed by atoms with E-state index in [0.29, 0.717) is 31.9 Å². The van der Waals surface area contributed by atoms with Gasteiger partial charge in [0.2, 0.25) is 5.91 Å². The minimum Gasteiger partial charge on any atom is -0.404 e. The number of amides is 1. The van der Waals surface area contributed by atoms with E-state index in [4.69, 9.17) is 11.6 Å². The van der Waals surface area contributed by atoms with Crippen LogP contribution in [0.25, 0.3) is 5.69 Å². The number of carbonyl (C=O) groups excluding carboxylic acids is 1. The molecule has 2 aromatic carbocycles. The highest BCUT2D eigenvalue weighted by Crippen LogP contribution is 2.31. The Morgan fingerprint density at radius 3 is 2.57 bits per heavy atom. The molecule has 0 aliphatic carbocycles. The number of hydrogen-bond donors (Lipinski definition) is 3. The molecule has 0 unspecified atom stereocenters. The first-order chi connectivity index (χ1) is 17.8. The van der Waals surface area contributed by atoms with Gasteiger partial charge in [-0.1, -0.05) is 17.7 Å². The highest BCUT2D eigenvalue weighted by atomic mass is 35.5. The molecule has 196 valence electrons. The largest absolute Gasteiger partial charge is 0.573 e. The van der Waals surface area contributed by atoms with E-state index in [1.165, 1.54) is 18.2 Å². The van der Waals surface area contributed by atoms with Crippen LogP contribution >= 0.6 is 11.6 Å². The van der Waals surface area contributed by atoms with Gasteiger partial charge in [-0.15, -0.1) is 23.4 Å². The van der Waals surface area contributed by atoms with Gasteiger partial charge >= 0.3 is 6.36 Å². The molecule has 0 atom stereocenters. The van der Waals surface area contributed by atoms with Gasteiger partial charge in [-0.2, -0.15) is 0 Å². The Morgan fingerprint density at radius 2 is 1.84 bits per heavy atom. The molecule has 0 bridgehead atoms. The van der Waals surface area contributed by atoms with Crippen LogP contribution in [0.3, 0.4) is 0 Å². The van der Waals surface area contributed by atoms with Gasteiger partial charge in [-0.25, -0.2) is 0 Å². The summed E-state index contributed by atoms with van der Waals surface area (Å²) in [5.74, 6) is -0.579. The molecule has 0 fully saturated rings. The summed E-state index contributed by atoms with van der Waals surface area (Å²) in [5, 5.41) is 16.9. The highest BCUT2D eigenvalue weighted by Gasteiger charge is 2.32. The number of alkyl halides is 3. The third kappa shape index (κ3) is 7.75. The van der Waals surface area contributed by atoms with Gasteiger partial charge in [0.1, 0.15) is 18.4 Å². The van der Waals surface area contributed by atoms with E-state index in [9.17, 15) is 18.0 Å². The molecule has 0 saturated carbocycles. The first kappa shape index (κ1) is 26.6. The van der Waals surface area contributed by atoms with Crippen LogP contribution in [0.15, 0.2) is 48.0 Å². The number of fused-ring (bicyclic) bond motifs is 1. The van der Waals surface area contributed by atoms with Crippen molar-refractivity contribution in [3.8, 4) is 11.4 Å². The van der Waals surface area contributed by atoms with Crippen LogP contribution in [0.2, 0.25) is 5.02 Å². The molecule has 1 aliphatic rings. The summed E-state index contributed by atoms with van der Waals surface area (Å²) in [6.45, 7) is 2.55. The second-order valence-corrected chi connectivity index (χ2v) is 8.73. The summed E-state index contributed by atoms with van der Waals surface area (Å²) in [5.41, 5.74) is 4.21. The zero-order chi connectivity index (χ0) is 26.3. The Hall–Kier alpha value is -3.48. The molecular weight excluding hydrogens is 511 g/mol. The molecule has 1 aliphatic heterocycles. The Kier molecular flexibility index (Phi) is 8.74. The van der Waals surface area contributed by atoms with Crippen LogP contribution in [-0.2, 0) is 17.9 Å². The van der Waals surface area contributed by atoms with E-state index in [-0.39, 0.29) is 17.5 Å². The number of anilines is 1. The lowest BCUT2D eigenvalue weighted by Gasteiger charge is -2.13. The Balaban J connectivity index is 1.13. The van der Waals surface area contributed by atoms with E-state index < -0.39 is 12.1 Å². The topological polar surface area (TPSA) is 105 Å². The number of aromatic nitrogens is 3. The van der Waals surface area contributed by atoms with Gasteiger partial charge in [-0.3, -0.25) is 14.4 Å². The van der Waals surface area contributed by atoms with E-state index in [1.807, 2.05) is 12.1 Å². The quantitative estimate of drug-likeness (QED) is 0.304. The second kappa shape index (κ2) is 12.2. The highest BCUT2D eigenvalue weighted by molar-refractivity contribution is 6.32. The number of rotatable bonds is 12. The summed E-state index contributed by atoms with van der Waals surface area (Å²) < 4.78 is 42.6. The van der Waals surface area contributed by atoms with E-state index >= 15 is 0 Å². The maximum absolute atomic E-state index is 12.5. The SMILES string of the molecule is O=C(CNCCCCNCc1ccc(OC(F)(F)F)c(Cl)c1)Nc1cc(-n2cnnc2)cc2c1C=NC2. The van der Waals surface area contributed by atoms with Crippen molar-refractivity contribution in [2.45, 2.75) is 32.3 Å². The van der Waals surface area contributed by atoms with Crippen LogP contribution in [0.1, 0.15) is 29.5 Å². The van der Waals surface area contributed by atoms with Crippen molar-refractivity contribution >= 4 is 29.4 Å². The molecule has 37 heavy (non-hydrogen) atoms. The summed E-state index contributed by atoms with van der Waals surface area (Å²) in [4.78, 5) is 16.8. The zero-order valence-corrected chi connectivity index (χ0v) is 20.4. The first-order valence-corrected chi connectivity index (χ1v) is 11.9. The predicted octanol–water partition coefficient (Wildman–Crippen LogP) is 3.85. The van der Waals surface area contributed by atoms with Gasteiger partial charge in [0, 0.05) is 18.3 Å². The average molecular weight is 536 g/mol. The van der Waals surface area contributed by atoms with Gasteiger partial charge in [0.15, 0.2) is 0 Å². The van der Waals surface area contributed by atoms with Crippen LogP contribution < -0.4 is 20.7 Å². The van der Waals surface area contributed by atoms with Crippen molar-refractivity contribution in [3.63, 3.8) is 0 Å². The van der Waals surface area contributed by atoms with Crippen LogP contribution in [0.4, 0.5) is 18.9 Å². The van der Waals surface area contributed by atoms with Crippen LogP contribution in [0.5, 0.6) is 5.75 Å². The Morgan fingerprint density at radius 1 is 1.08 bits per heavy atom. The lowest BCUT2D eigenvalue weighted by atomic mass is 10.1. The van der Waals surface area contributed by atoms with Crippen LogP contribution in [-0.4, -0.2) is 52.9 Å². The molecule has 0 spiro atoms. The third-order valence-corrected chi connectivity index (χ3v) is 5.81. The fraction of sp³-hybridized carbons (Fsp3) is 0.333. The molecule has 9 nitrogen and oxygen atoms in total. The number of hydrogen-bond acceptors (Lipinski definition) is 7. The lowest BCUT2D eigenvalue weighted by molar-refractivity contribution is -0.274. The Labute approximate surface area is 216 Å². The molecule has 1 aromatic heterocycles. The average Bonchev–Trinajstić information content (AvgIpc) is 3.54. The molecule has 2 heterocycles. The molecule has 3 aromatic rings. The minimum absolute atomic E-state index is 0.0956. The van der Waals surface area contributed by atoms with Gasteiger partial charge < -0.3 is 20.7 Å². The molecule has 0 radical (unpaired) electrons. The number of aliphatic imine (C=N–C) groups is 1. The smallest absolute Gasteiger partial charge is 0.404 e. The number of halogens is 4. The van der Waals surface area contributed by atoms with Crippen molar-refractivity contribution in [1.82, 2.24) is 25.4 Å². The predicted molar refractivity (Wildman–Crippen MR) is 133 cm³/mol. The number of nitrogens with zero attached hydrogens (tertiary/aromatic N) is 4. The summed E-state index contributed by atoms with van der Waals surface area (Å²) in [7, 11) is 0. The zero-order valence-electron chi connectivity index (χ0n) is 19.7. The molecule has 1 amide bonds. The summed E-state index contributed by atoms with van der Waals surface area (Å²) in [6, 6.07) is 8.04. The summed E-state index contributed by atoms with van der Waals surface area (Å²) in [6.07, 6.45) is 1.86. The van der Waals surface area contributed by atoms with Gasteiger partial charge in [0.25, 0.3) is 0 Å². The number of carbonyl (C=O) groups is 1. The van der Waals surface area contributed by atoms with Gasteiger partial charge in [0.05, 0.1) is 29.5 Å². The van der Waals surface area contributed by atoms with Crippen molar-refractivity contribution in [1.29, 1.82) is 0 Å². The maximum Gasteiger partial charge on any atom is 0.573 e. The number of ether oxygens (including phenoxy) is 1. The molecule has 3 N–H and O–H groups in total. The number of unbranched alkanes of at least 4 members (excludes halogenated alkanes) is 1. The Bertz CT molecular complexity index is 1250. The molecular formula is C24H25ClF3N7O2. The summed E-state index contributed by atoms with van der Waals surface area (Å²) >= 11 is 5.86. The molecule has 13 heteroatoms. The fourth-order valence-electron chi connectivity index (χ4n) is 3.79. The number of nitrogens with one attached hydrogen (secondary N) is 3. The van der Waals surface area contributed by atoms with E-state index in [0.717, 1.165) is 35.2 Å². The van der Waals surface area contributed by atoms with E-state index in [2.05, 4.69) is 35.9 Å². The molecule has 4 rings (SSSR count). The monoisotopic (exact) mass is 535 g/mol. The van der Waals surface area contributed by atoms with E-state index in [1.54, 1.807) is 23.4 Å². The van der Waals surface area contributed by atoms with Gasteiger partial charge in [-0.05, 0) is 61.3 Å². The lowest BCUT2D eigenvalue weighted by Crippen LogP contribution is -2.29. The maximum atomic E-state index is 12.5. The van der Waals surface area contributed by atoms with Crippen molar-refractivity contribution in [2.75, 3.05) is 25.0 Å².